The minimum absolute atomic E-state index is 0.350. The highest BCUT2D eigenvalue weighted by molar-refractivity contribution is 5.81. The van der Waals surface area contributed by atoms with Gasteiger partial charge in [-0.3, -0.25) is 5.41 Å². The Bertz CT molecular complexity index is 211. The monoisotopic (exact) mass is 197 g/mol. The van der Waals surface area contributed by atoms with Crippen molar-refractivity contribution >= 4 is 5.84 Å². The van der Waals surface area contributed by atoms with Gasteiger partial charge >= 0.3 is 0 Å². The van der Waals surface area contributed by atoms with Crippen molar-refractivity contribution < 1.29 is 0 Å². The first-order chi connectivity index (χ1) is 6.43. The second-order valence-corrected chi connectivity index (χ2v) is 4.95. The second-order valence-electron chi connectivity index (χ2n) is 4.95. The molecule has 3 heteroatoms. The molecule has 0 saturated carbocycles. The fourth-order valence-electron chi connectivity index (χ4n) is 2.18. The van der Waals surface area contributed by atoms with Crippen LogP contribution in [0.1, 0.15) is 20.8 Å². The number of likely N-dealkylation sites (N-methyl/N-ethyl adjacent to an activating group) is 1. The quantitative estimate of drug-likeness (QED) is 0.537. The van der Waals surface area contributed by atoms with Gasteiger partial charge in [0.1, 0.15) is 0 Å². The molecule has 0 aromatic rings. The Hall–Kier alpha value is -0.570. The molecule has 1 aliphatic heterocycles. The summed E-state index contributed by atoms with van der Waals surface area (Å²) in [5.74, 6) is 1.81. The van der Waals surface area contributed by atoms with Crippen LogP contribution in [0, 0.1) is 17.2 Å². The van der Waals surface area contributed by atoms with Gasteiger partial charge in [-0.05, 0) is 20.0 Å². The molecular weight excluding hydrogens is 174 g/mol. The molecule has 1 heterocycles. The van der Waals surface area contributed by atoms with E-state index in [0.717, 1.165) is 18.9 Å². The van der Waals surface area contributed by atoms with Gasteiger partial charge < -0.3 is 9.80 Å². The van der Waals surface area contributed by atoms with Crippen molar-refractivity contribution in [1.82, 2.24) is 9.80 Å². The van der Waals surface area contributed by atoms with Crippen LogP contribution < -0.4 is 0 Å². The number of nitrogens with zero attached hydrogens (tertiary/aromatic N) is 2. The fourth-order valence-corrected chi connectivity index (χ4v) is 2.18. The maximum atomic E-state index is 7.97. The minimum Gasteiger partial charge on any atom is -0.358 e. The summed E-state index contributed by atoms with van der Waals surface area (Å²) in [6.07, 6.45) is 0. The van der Waals surface area contributed by atoms with Crippen LogP contribution in [0.5, 0.6) is 0 Å². The Balaban J connectivity index is 2.59. The van der Waals surface area contributed by atoms with Crippen LogP contribution in [-0.2, 0) is 0 Å². The first kappa shape index (κ1) is 11.5. The SMILES string of the molecule is CC(C)C(=N)N1CC(C)C(N(C)C)C1. The zero-order valence-corrected chi connectivity index (χ0v) is 10.0. The number of nitrogens with one attached hydrogen (secondary N) is 1. The Morgan fingerprint density at radius 2 is 1.93 bits per heavy atom. The molecule has 0 bridgehead atoms. The summed E-state index contributed by atoms with van der Waals surface area (Å²) >= 11 is 0. The van der Waals surface area contributed by atoms with Crippen molar-refractivity contribution in [3.8, 4) is 0 Å². The average molecular weight is 197 g/mol. The molecule has 0 amide bonds. The molecule has 14 heavy (non-hydrogen) atoms. The van der Waals surface area contributed by atoms with Gasteiger partial charge in [-0.1, -0.05) is 20.8 Å². The van der Waals surface area contributed by atoms with Gasteiger partial charge in [-0.25, -0.2) is 0 Å². The third kappa shape index (κ3) is 2.27. The van der Waals surface area contributed by atoms with Gasteiger partial charge in [0.25, 0.3) is 0 Å². The molecular formula is C11H23N3. The third-order valence-electron chi connectivity index (χ3n) is 3.12. The van der Waals surface area contributed by atoms with Crippen LogP contribution in [-0.4, -0.2) is 48.9 Å². The molecule has 1 rings (SSSR count). The lowest BCUT2D eigenvalue weighted by atomic mass is 10.1. The summed E-state index contributed by atoms with van der Waals surface area (Å²) in [5.41, 5.74) is 0. The molecule has 2 atom stereocenters. The zero-order valence-electron chi connectivity index (χ0n) is 10.0. The van der Waals surface area contributed by atoms with Crippen molar-refractivity contribution in [2.75, 3.05) is 27.2 Å². The second kappa shape index (κ2) is 4.30. The highest BCUT2D eigenvalue weighted by Gasteiger charge is 2.32. The maximum absolute atomic E-state index is 7.97. The summed E-state index contributed by atoms with van der Waals surface area (Å²) in [4.78, 5) is 4.50. The average Bonchev–Trinajstić information content (AvgIpc) is 2.45. The van der Waals surface area contributed by atoms with E-state index in [-0.39, 0.29) is 0 Å². The summed E-state index contributed by atoms with van der Waals surface area (Å²) in [6, 6.07) is 0.606. The van der Waals surface area contributed by atoms with Crippen LogP contribution >= 0.6 is 0 Å². The lowest BCUT2D eigenvalue weighted by Crippen LogP contribution is -2.36. The summed E-state index contributed by atoms with van der Waals surface area (Å²) in [6.45, 7) is 8.52. The van der Waals surface area contributed by atoms with Crippen molar-refractivity contribution in [2.24, 2.45) is 11.8 Å². The predicted octanol–water partition coefficient (Wildman–Crippen LogP) is 1.50. The smallest absolute Gasteiger partial charge is 0.0984 e. The lowest BCUT2D eigenvalue weighted by Gasteiger charge is -2.24. The Morgan fingerprint density at radius 3 is 2.29 bits per heavy atom. The fraction of sp³-hybridized carbons (Fsp3) is 0.909. The number of likely N-dealkylation sites (tertiary alicyclic amines) is 1. The molecule has 3 nitrogen and oxygen atoms in total. The number of hydrogen-bond acceptors (Lipinski definition) is 2. The molecule has 2 unspecified atom stereocenters. The van der Waals surface area contributed by atoms with Gasteiger partial charge in [0.15, 0.2) is 0 Å². The number of amidine groups is 1. The normalized spacial score (nSPS) is 27.8. The van der Waals surface area contributed by atoms with Crippen molar-refractivity contribution in [1.29, 1.82) is 5.41 Å². The standard InChI is InChI=1S/C11H23N3/c1-8(2)11(12)14-6-9(3)10(7-14)13(4)5/h8-10,12H,6-7H2,1-5H3. The minimum atomic E-state index is 0.350. The summed E-state index contributed by atoms with van der Waals surface area (Å²) in [7, 11) is 4.26. The van der Waals surface area contributed by atoms with E-state index in [4.69, 9.17) is 5.41 Å². The van der Waals surface area contributed by atoms with Crippen LogP contribution in [0.4, 0.5) is 0 Å². The predicted molar refractivity (Wildman–Crippen MR) is 60.8 cm³/mol. The van der Waals surface area contributed by atoms with E-state index < -0.39 is 0 Å². The molecule has 1 aliphatic rings. The molecule has 0 aromatic heterocycles. The highest BCUT2D eigenvalue weighted by atomic mass is 15.3. The first-order valence-corrected chi connectivity index (χ1v) is 5.43. The van der Waals surface area contributed by atoms with Crippen molar-refractivity contribution in [3.63, 3.8) is 0 Å². The Morgan fingerprint density at radius 1 is 1.36 bits per heavy atom. The molecule has 82 valence electrons. The molecule has 0 aromatic carbocycles. The molecule has 1 fully saturated rings. The van der Waals surface area contributed by atoms with Gasteiger partial charge in [-0.15, -0.1) is 0 Å². The van der Waals surface area contributed by atoms with Crippen LogP contribution in [0.15, 0.2) is 0 Å². The van der Waals surface area contributed by atoms with Crippen molar-refractivity contribution in [2.45, 2.75) is 26.8 Å². The largest absolute Gasteiger partial charge is 0.358 e. The van der Waals surface area contributed by atoms with Gasteiger partial charge in [-0.2, -0.15) is 0 Å². The molecule has 1 saturated heterocycles. The molecule has 1 N–H and O–H groups in total. The van der Waals surface area contributed by atoms with E-state index in [2.05, 4.69) is 44.7 Å². The van der Waals surface area contributed by atoms with Crippen LogP contribution in [0.3, 0.4) is 0 Å². The van der Waals surface area contributed by atoms with E-state index >= 15 is 0 Å². The Labute approximate surface area is 87.6 Å². The van der Waals surface area contributed by atoms with E-state index in [0.29, 0.717) is 17.9 Å². The molecule has 0 aliphatic carbocycles. The Kier molecular flexibility index (Phi) is 3.53. The zero-order chi connectivity index (χ0) is 10.9. The first-order valence-electron chi connectivity index (χ1n) is 5.43. The molecule has 0 radical (unpaired) electrons. The highest BCUT2D eigenvalue weighted by Crippen LogP contribution is 2.21. The third-order valence-corrected chi connectivity index (χ3v) is 3.12. The molecule has 0 spiro atoms. The van der Waals surface area contributed by atoms with E-state index in [1.54, 1.807) is 0 Å². The van der Waals surface area contributed by atoms with Crippen LogP contribution in [0.2, 0.25) is 0 Å². The van der Waals surface area contributed by atoms with Crippen molar-refractivity contribution in [3.05, 3.63) is 0 Å². The maximum Gasteiger partial charge on any atom is 0.0984 e. The van der Waals surface area contributed by atoms with Gasteiger partial charge in [0.2, 0.25) is 0 Å². The van der Waals surface area contributed by atoms with Gasteiger partial charge in [0.05, 0.1) is 5.84 Å². The van der Waals surface area contributed by atoms with E-state index in [1.807, 2.05) is 0 Å². The summed E-state index contributed by atoms with van der Waals surface area (Å²) < 4.78 is 0. The summed E-state index contributed by atoms with van der Waals surface area (Å²) in [5, 5.41) is 7.97. The van der Waals surface area contributed by atoms with Gasteiger partial charge in [0, 0.05) is 25.0 Å². The lowest BCUT2D eigenvalue weighted by molar-refractivity contribution is 0.262. The van der Waals surface area contributed by atoms with Crippen LogP contribution in [0.25, 0.3) is 0 Å². The number of rotatable bonds is 2. The van der Waals surface area contributed by atoms with E-state index in [1.165, 1.54) is 0 Å². The number of hydrogen-bond donors (Lipinski definition) is 1. The topological polar surface area (TPSA) is 30.3 Å². The van der Waals surface area contributed by atoms with E-state index in [9.17, 15) is 0 Å².